The van der Waals surface area contributed by atoms with Crippen molar-refractivity contribution in [3.05, 3.63) is 87.9 Å². The number of hydrogen-bond acceptors (Lipinski definition) is 3. The van der Waals surface area contributed by atoms with E-state index in [0.717, 1.165) is 21.2 Å². The van der Waals surface area contributed by atoms with Crippen LogP contribution in [0.25, 0.3) is 5.57 Å². The SMILES string of the molecule is NC(=O)C1(Cc2ccc(Br)cc2)C=CC=C(c2ccc(C(=O)NO)cc2)C1. The van der Waals surface area contributed by atoms with Crippen LogP contribution < -0.4 is 11.2 Å². The number of hydrogen-bond donors (Lipinski definition) is 3. The summed E-state index contributed by atoms with van der Waals surface area (Å²) in [5, 5.41) is 8.72. The predicted octanol–water partition coefficient (Wildman–Crippen LogP) is 3.63. The quantitative estimate of drug-likeness (QED) is 0.503. The van der Waals surface area contributed by atoms with Crippen LogP contribution in [0.15, 0.2) is 71.2 Å². The van der Waals surface area contributed by atoms with Gasteiger partial charge in [0.05, 0.1) is 5.41 Å². The fourth-order valence-electron chi connectivity index (χ4n) is 3.25. The van der Waals surface area contributed by atoms with Crippen molar-refractivity contribution in [2.24, 2.45) is 11.1 Å². The molecule has 0 saturated carbocycles. The molecule has 2 aromatic carbocycles. The number of nitrogens with two attached hydrogens (primary N) is 1. The minimum Gasteiger partial charge on any atom is -0.369 e. The van der Waals surface area contributed by atoms with Gasteiger partial charge in [-0.25, -0.2) is 5.48 Å². The van der Waals surface area contributed by atoms with Gasteiger partial charge in [0.15, 0.2) is 0 Å². The number of carbonyl (C=O) groups is 2. The van der Waals surface area contributed by atoms with E-state index in [-0.39, 0.29) is 5.91 Å². The summed E-state index contributed by atoms with van der Waals surface area (Å²) in [5.41, 5.74) is 9.84. The van der Waals surface area contributed by atoms with Crippen molar-refractivity contribution in [3.8, 4) is 0 Å². The predicted molar refractivity (Wildman–Crippen MR) is 107 cm³/mol. The lowest BCUT2D eigenvalue weighted by atomic mass is 9.72. The lowest BCUT2D eigenvalue weighted by molar-refractivity contribution is -0.125. The molecule has 1 aliphatic carbocycles. The normalized spacial score (nSPS) is 18.7. The largest absolute Gasteiger partial charge is 0.369 e. The third kappa shape index (κ3) is 4.18. The first-order valence-corrected chi connectivity index (χ1v) is 9.20. The lowest BCUT2D eigenvalue weighted by Gasteiger charge is -2.31. The summed E-state index contributed by atoms with van der Waals surface area (Å²) >= 11 is 3.42. The van der Waals surface area contributed by atoms with Crippen molar-refractivity contribution in [3.63, 3.8) is 0 Å². The maximum atomic E-state index is 12.4. The number of benzene rings is 2. The van der Waals surface area contributed by atoms with Crippen LogP contribution in [0.2, 0.25) is 0 Å². The van der Waals surface area contributed by atoms with Gasteiger partial charge in [0.1, 0.15) is 0 Å². The Labute approximate surface area is 165 Å². The number of hydroxylamine groups is 1. The number of amides is 2. The summed E-state index contributed by atoms with van der Waals surface area (Å²) in [4.78, 5) is 23.8. The second kappa shape index (κ2) is 7.90. The highest BCUT2D eigenvalue weighted by Gasteiger charge is 2.36. The average molecular weight is 427 g/mol. The van der Waals surface area contributed by atoms with Crippen LogP contribution in [0, 0.1) is 5.41 Å². The lowest BCUT2D eigenvalue weighted by Crippen LogP contribution is -2.38. The molecule has 0 aromatic heterocycles. The average Bonchev–Trinajstić information content (AvgIpc) is 2.69. The third-order valence-electron chi connectivity index (χ3n) is 4.76. The molecule has 0 aliphatic heterocycles. The summed E-state index contributed by atoms with van der Waals surface area (Å²) < 4.78 is 0.978. The Morgan fingerprint density at radius 2 is 1.78 bits per heavy atom. The second-order valence-electron chi connectivity index (χ2n) is 6.57. The molecular formula is C21H19BrN2O3. The first-order chi connectivity index (χ1) is 12.9. The van der Waals surface area contributed by atoms with Crippen molar-refractivity contribution < 1.29 is 14.8 Å². The molecule has 0 bridgehead atoms. The fraction of sp³-hybridized carbons (Fsp3) is 0.143. The van der Waals surface area contributed by atoms with E-state index in [1.54, 1.807) is 29.7 Å². The molecule has 0 spiro atoms. The Hall–Kier alpha value is -2.70. The summed E-state index contributed by atoms with van der Waals surface area (Å²) in [6.07, 6.45) is 6.66. The summed E-state index contributed by atoms with van der Waals surface area (Å²) in [6, 6.07) is 14.7. The van der Waals surface area contributed by atoms with E-state index in [1.165, 1.54) is 0 Å². The van der Waals surface area contributed by atoms with Crippen molar-refractivity contribution in [2.45, 2.75) is 12.8 Å². The monoisotopic (exact) mass is 426 g/mol. The van der Waals surface area contributed by atoms with E-state index >= 15 is 0 Å². The zero-order valence-corrected chi connectivity index (χ0v) is 16.1. The highest BCUT2D eigenvalue weighted by atomic mass is 79.9. The van der Waals surface area contributed by atoms with Crippen LogP contribution in [0.5, 0.6) is 0 Å². The molecular weight excluding hydrogens is 408 g/mol. The Morgan fingerprint density at radius 3 is 2.37 bits per heavy atom. The van der Waals surface area contributed by atoms with E-state index < -0.39 is 11.3 Å². The number of rotatable bonds is 5. The van der Waals surface area contributed by atoms with Gasteiger partial charge < -0.3 is 5.73 Å². The number of primary amides is 1. The summed E-state index contributed by atoms with van der Waals surface area (Å²) in [5.74, 6) is -0.940. The van der Waals surface area contributed by atoms with E-state index in [1.807, 2.05) is 42.5 Å². The van der Waals surface area contributed by atoms with E-state index in [9.17, 15) is 9.59 Å². The van der Waals surface area contributed by atoms with E-state index in [0.29, 0.717) is 18.4 Å². The third-order valence-corrected chi connectivity index (χ3v) is 5.29. The molecule has 2 amide bonds. The number of nitrogens with one attached hydrogen (secondary N) is 1. The van der Waals surface area contributed by atoms with E-state index in [2.05, 4.69) is 15.9 Å². The molecule has 5 nitrogen and oxygen atoms in total. The molecule has 138 valence electrons. The maximum absolute atomic E-state index is 12.4. The zero-order valence-electron chi connectivity index (χ0n) is 14.5. The van der Waals surface area contributed by atoms with Crippen LogP contribution >= 0.6 is 15.9 Å². The molecule has 2 aromatic rings. The Balaban J connectivity index is 1.86. The molecule has 1 atom stereocenters. The topological polar surface area (TPSA) is 92.4 Å². The Morgan fingerprint density at radius 1 is 1.11 bits per heavy atom. The van der Waals surface area contributed by atoms with Gasteiger partial charge >= 0.3 is 0 Å². The molecule has 0 heterocycles. The van der Waals surface area contributed by atoms with Gasteiger partial charge in [-0.2, -0.15) is 0 Å². The molecule has 0 radical (unpaired) electrons. The standard InChI is InChI=1S/C21H19BrN2O3/c22-18-9-3-14(4-10-18)12-21(20(23)26)11-1-2-17(13-21)15-5-7-16(8-6-15)19(25)24-27/h1-11,27H,12-13H2,(H2,23,26)(H,24,25). The van der Waals surface area contributed by atoms with Gasteiger partial charge in [-0.15, -0.1) is 0 Å². The van der Waals surface area contributed by atoms with Gasteiger partial charge in [0.25, 0.3) is 5.91 Å². The highest BCUT2D eigenvalue weighted by molar-refractivity contribution is 9.10. The number of carbonyl (C=O) groups excluding carboxylic acids is 2. The van der Waals surface area contributed by atoms with Gasteiger partial charge in [-0.1, -0.05) is 58.4 Å². The van der Waals surface area contributed by atoms with Crippen LogP contribution in [-0.4, -0.2) is 17.0 Å². The number of halogens is 1. The van der Waals surface area contributed by atoms with Crippen LogP contribution in [0.1, 0.15) is 27.9 Å². The van der Waals surface area contributed by atoms with Crippen molar-refractivity contribution in [2.75, 3.05) is 0 Å². The molecule has 0 fully saturated rings. The second-order valence-corrected chi connectivity index (χ2v) is 7.49. The van der Waals surface area contributed by atoms with Gasteiger partial charge in [0, 0.05) is 10.0 Å². The smallest absolute Gasteiger partial charge is 0.274 e. The minimum absolute atomic E-state index is 0.351. The Kier molecular flexibility index (Phi) is 5.58. The molecule has 0 saturated heterocycles. The van der Waals surface area contributed by atoms with Crippen molar-refractivity contribution in [1.82, 2.24) is 5.48 Å². The molecule has 3 rings (SSSR count). The first-order valence-electron chi connectivity index (χ1n) is 8.41. The molecule has 1 aliphatic rings. The van der Waals surface area contributed by atoms with Gasteiger partial charge in [-0.3, -0.25) is 14.8 Å². The molecule has 6 heteroatoms. The van der Waals surface area contributed by atoms with Crippen molar-refractivity contribution >= 4 is 33.3 Å². The molecule has 27 heavy (non-hydrogen) atoms. The summed E-state index contributed by atoms with van der Waals surface area (Å²) in [7, 11) is 0. The maximum Gasteiger partial charge on any atom is 0.274 e. The Bertz CT molecular complexity index is 917. The van der Waals surface area contributed by atoms with Crippen LogP contribution in [0.4, 0.5) is 0 Å². The zero-order chi connectivity index (χ0) is 19.4. The van der Waals surface area contributed by atoms with E-state index in [4.69, 9.17) is 10.9 Å². The first kappa shape index (κ1) is 19.1. The van der Waals surface area contributed by atoms with Crippen molar-refractivity contribution in [1.29, 1.82) is 0 Å². The van der Waals surface area contributed by atoms with Crippen LogP contribution in [0.3, 0.4) is 0 Å². The van der Waals surface area contributed by atoms with Gasteiger partial charge in [-0.05, 0) is 53.8 Å². The van der Waals surface area contributed by atoms with Crippen LogP contribution in [-0.2, 0) is 11.2 Å². The minimum atomic E-state index is -0.806. The molecule has 1 unspecified atom stereocenters. The fourth-order valence-corrected chi connectivity index (χ4v) is 3.51. The highest BCUT2D eigenvalue weighted by Crippen LogP contribution is 2.39. The number of allylic oxidation sites excluding steroid dienone is 3. The molecule has 4 N–H and O–H groups in total. The van der Waals surface area contributed by atoms with Gasteiger partial charge in [0.2, 0.25) is 5.91 Å². The summed E-state index contributed by atoms with van der Waals surface area (Å²) in [6.45, 7) is 0.